The van der Waals surface area contributed by atoms with Gasteiger partial charge in [-0.2, -0.15) is 0 Å². The van der Waals surface area contributed by atoms with Crippen LogP contribution in [0.2, 0.25) is 0 Å². The van der Waals surface area contributed by atoms with Crippen LogP contribution >= 0.6 is 0 Å². The third kappa shape index (κ3) is 3.68. The van der Waals surface area contributed by atoms with E-state index in [1.807, 2.05) is 28.8 Å². The summed E-state index contributed by atoms with van der Waals surface area (Å²) in [5, 5.41) is 5.56. The maximum absolute atomic E-state index is 12.6. The van der Waals surface area contributed by atoms with Crippen LogP contribution in [0, 0.1) is 0 Å². The number of hydrogen-bond acceptors (Lipinski definition) is 3. The molecule has 0 saturated heterocycles. The Balaban J connectivity index is 1.89. The summed E-state index contributed by atoms with van der Waals surface area (Å²) in [6.07, 6.45) is 0.932. The molecule has 0 fully saturated rings. The number of aryl methyl sites for hydroxylation is 1. The molecule has 0 aliphatic carbocycles. The van der Waals surface area contributed by atoms with Crippen molar-refractivity contribution in [2.75, 3.05) is 10.6 Å². The Kier molecular flexibility index (Phi) is 4.79. The number of aromatic nitrogens is 2. The predicted octanol–water partition coefficient (Wildman–Crippen LogP) is 3.66. The highest BCUT2D eigenvalue weighted by molar-refractivity contribution is 6.05. The quantitative estimate of drug-likeness (QED) is 0.746. The van der Waals surface area contributed by atoms with Crippen LogP contribution in [-0.4, -0.2) is 21.4 Å². The smallest absolute Gasteiger partial charge is 0.258 e. The van der Waals surface area contributed by atoms with Crippen molar-refractivity contribution in [3.05, 3.63) is 54.1 Å². The number of benzene rings is 2. The van der Waals surface area contributed by atoms with Crippen LogP contribution in [-0.2, 0) is 11.3 Å². The van der Waals surface area contributed by atoms with E-state index in [0.29, 0.717) is 17.2 Å². The summed E-state index contributed by atoms with van der Waals surface area (Å²) in [7, 11) is 0. The van der Waals surface area contributed by atoms with E-state index in [9.17, 15) is 9.59 Å². The molecule has 0 saturated carbocycles. The zero-order valence-electron chi connectivity index (χ0n) is 14.2. The minimum Gasteiger partial charge on any atom is -0.326 e. The number of amides is 2. The Morgan fingerprint density at radius 2 is 1.88 bits per heavy atom. The maximum Gasteiger partial charge on any atom is 0.258 e. The summed E-state index contributed by atoms with van der Waals surface area (Å²) in [5.41, 5.74) is 2.88. The van der Waals surface area contributed by atoms with Crippen molar-refractivity contribution in [3.63, 3.8) is 0 Å². The van der Waals surface area contributed by atoms with Gasteiger partial charge in [0.1, 0.15) is 0 Å². The van der Waals surface area contributed by atoms with Gasteiger partial charge in [0.25, 0.3) is 5.91 Å². The number of carbonyl (C=O) groups is 2. The average molecular weight is 336 g/mol. The van der Waals surface area contributed by atoms with E-state index in [1.54, 1.807) is 24.3 Å². The van der Waals surface area contributed by atoms with E-state index in [2.05, 4.69) is 22.5 Å². The Morgan fingerprint density at radius 1 is 1.08 bits per heavy atom. The monoisotopic (exact) mass is 336 g/mol. The summed E-state index contributed by atoms with van der Waals surface area (Å²) in [4.78, 5) is 28.3. The molecule has 2 N–H and O–H groups in total. The first-order valence-electron chi connectivity index (χ1n) is 8.22. The number of carbonyl (C=O) groups excluding carboxylic acids is 2. The van der Waals surface area contributed by atoms with E-state index in [4.69, 9.17) is 0 Å². The van der Waals surface area contributed by atoms with Crippen molar-refractivity contribution in [3.8, 4) is 0 Å². The molecule has 0 aliphatic heterocycles. The molecule has 1 heterocycles. The van der Waals surface area contributed by atoms with Crippen LogP contribution in [0.4, 0.5) is 11.6 Å². The molecule has 1 aromatic heterocycles. The molecule has 0 bridgehead atoms. The summed E-state index contributed by atoms with van der Waals surface area (Å²) in [6.45, 7) is 4.28. The molecule has 0 aliphatic rings. The first-order chi connectivity index (χ1) is 12.1. The van der Waals surface area contributed by atoms with Crippen LogP contribution < -0.4 is 10.6 Å². The first-order valence-corrected chi connectivity index (χ1v) is 8.22. The van der Waals surface area contributed by atoms with Crippen LogP contribution in [0.1, 0.15) is 30.6 Å². The van der Waals surface area contributed by atoms with Gasteiger partial charge in [0, 0.05) is 24.7 Å². The highest BCUT2D eigenvalue weighted by atomic mass is 16.2. The summed E-state index contributed by atoms with van der Waals surface area (Å²) < 4.78 is 2.00. The zero-order valence-corrected chi connectivity index (χ0v) is 14.2. The molecule has 2 amide bonds. The highest BCUT2D eigenvalue weighted by Gasteiger charge is 2.14. The Hall–Kier alpha value is -3.15. The average Bonchev–Trinajstić information content (AvgIpc) is 2.92. The summed E-state index contributed by atoms with van der Waals surface area (Å²) >= 11 is 0. The number of anilines is 2. The molecule has 0 unspecified atom stereocenters. The van der Waals surface area contributed by atoms with Crippen LogP contribution in [0.25, 0.3) is 11.0 Å². The van der Waals surface area contributed by atoms with Gasteiger partial charge in [-0.25, -0.2) is 4.98 Å². The van der Waals surface area contributed by atoms with Crippen molar-refractivity contribution < 1.29 is 9.59 Å². The van der Waals surface area contributed by atoms with Gasteiger partial charge < -0.3 is 9.88 Å². The van der Waals surface area contributed by atoms with Crippen molar-refractivity contribution in [1.82, 2.24) is 9.55 Å². The SMILES string of the molecule is CCCn1c(NC(=O)c2cccc(NC(C)=O)c2)nc2ccccc21. The number of fused-ring (bicyclic) bond motifs is 1. The lowest BCUT2D eigenvalue weighted by atomic mass is 10.2. The molecule has 128 valence electrons. The topological polar surface area (TPSA) is 76.0 Å². The molecule has 0 atom stereocenters. The van der Waals surface area contributed by atoms with Gasteiger partial charge in [0.2, 0.25) is 11.9 Å². The zero-order chi connectivity index (χ0) is 17.8. The number of imidazole rings is 1. The molecule has 6 heteroatoms. The molecule has 0 radical (unpaired) electrons. The lowest BCUT2D eigenvalue weighted by Gasteiger charge is -2.10. The minimum absolute atomic E-state index is 0.178. The molecule has 2 aromatic carbocycles. The van der Waals surface area contributed by atoms with E-state index < -0.39 is 0 Å². The lowest BCUT2D eigenvalue weighted by molar-refractivity contribution is -0.114. The van der Waals surface area contributed by atoms with Crippen LogP contribution in [0.3, 0.4) is 0 Å². The molecular weight excluding hydrogens is 316 g/mol. The second-order valence-electron chi connectivity index (χ2n) is 5.79. The Morgan fingerprint density at radius 3 is 2.64 bits per heavy atom. The van der Waals surface area contributed by atoms with Gasteiger partial charge in [0.05, 0.1) is 11.0 Å². The fourth-order valence-electron chi connectivity index (χ4n) is 2.74. The number of para-hydroxylation sites is 2. The molecule has 25 heavy (non-hydrogen) atoms. The highest BCUT2D eigenvalue weighted by Crippen LogP contribution is 2.21. The van der Waals surface area contributed by atoms with Crippen LogP contribution in [0.5, 0.6) is 0 Å². The second kappa shape index (κ2) is 7.17. The van der Waals surface area contributed by atoms with Gasteiger partial charge in [-0.3, -0.25) is 14.9 Å². The number of nitrogens with one attached hydrogen (secondary N) is 2. The predicted molar refractivity (Wildman–Crippen MR) is 98.7 cm³/mol. The van der Waals surface area contributed by atoms with Crippen molar-refractivity contribution in [2.45, 2.75) is 26.8 Å². The normalized spacial score (nSPS) is 10.6. The van der Waals surface area contributed by atoms with Crippen LogP contribution in [0.15, 0.2) is 48.5 Å². The van der Waals surface area contributed by atoms with E-state index >= 15 is 0 Å². The molecule has 3 aromatic rings. The molecule has 3 rings (SSSR count). The summed E-state index contributed by atoms with van der Waals surface area (Å²) in [5.74, 6) is 0.0835. The van der Waals surface area contributed by atoms with Gasteiger partial charge in [-0.05, 0) is 36.8 Å². The Labute approximate surface area is 145 Å². The van der Waals surface area contributed by atoms with Gasteiger partial charge in [-0.1, -0.05) is 25.1 Å². The number of hydrogen-bond donors (Lipinski definition) is 2. The van der Waals surface area contributed by atoms with E-state index in [-0.39, 0.29) is 11.8 Å². The van der Waals surface area contributed by atoms with Gasteiger partial charge in [-0.15, -0.1) is 0 Å². The van der Waals surface area contributed by atoms with E-state index in [0.717, 1.165) is 24.0 Å². The maximum atomic E-state index is 12.6. The Bertz CT molecular complexity index is 930. The third-order valence-corrected chi connectivity index (χ3v) is 3.77. The van der Waals surface area contributed by atoms with Crippen molar-refractivity contribution in [2.24, 2.45) is 0 Å². The fraction of sp³-hybridized carbons (Fsp3) is 0.211. The molecule has 0 spiro atoms. The van der Waals surface area contributed by atoms with E-state index in [1.165, 1.54) is 6.92 Å². The largest absolute Gasteiger partial charge is 0.326 e. The second-order valence-corrected chi connectivity index (χ2v) is 5.79. The number of nitrogens with zero attached hydrogens (tertiary/aromatic N) is 2. The first kappa shape index (κ1) is 16.7. The molecule has 6 nitrogen and oxygen atoms in total. The van der Waals surface area contributed by atoms with Crippen molar-refractivity contribution >= 4 is 34.5 Å². The van der Waals surface area contributed by atoms with Gasteiger partial charge in [0.15, 0.2) is 0 Å². The molecular formula is C19H20N4O2. The standard InChI is InChI=1S/C19H20N4O2/c1-3-11-23-17-10-5-4-9-16(17)21-19(23)22-18(25)14-7-6-8-15(12-14)20-13(2)24/h4-10,12H,3,11H2,1-2H3,(H,20,24)(H,21,22,25). The van der Waals surface area contributed by atoms with Gasteiger partial charge >= 0.3 is 0 Å². The number of rotatable bonds is 5. The summed E-state index contributed by atoms with van der Waals surface area (Å²) in [6, 6.07) is 14.6. The van der Waals surface area contributed by atoms with Crippen molar-refractivity contribution in [1.29, 1.82) is 0 Å². The lowest BCUT2D eigenvalue weighted by Crippen LogP contribution is -2.16. The fourth-order valence-corrected chi connectivity index (χ4v) is 2.74. The minimum atomic E-state index is -0.264. The third-order valence-electron chi connectivity index (χ3n) is 3.77.